The predicted molar refractivity (Wildman–Crippen MR) is 160 cm³/mol. The SMILES string of the molecule is CCc1c(N)oc2cc(F)cc(-c3cc4nc(OC[C@@]56CCCN5C[C@H](F)C6)nc(N5CC6CCC(C5)N6)c4[nH]c3=O)c12. The topological polar surface area (TPSA) is 126 Å². The highest BCUT2D eigenvalue weighted by atomic mass is 19.1. The van der Waals surface area contributed by atoms with Gasteiger partial charge in [-0.2, -0.15) is 9.97 Å². The summed E-state index contributed by atoms with van der Waals surface area (Å²) in [5.41, 5.74) is 8.00. The number of aromatic amines is 1. The summed E-state index contributed by atoms with van der Waals surface area (Å²) in [6.07, 6.45) is 4.17. The number of benzene rings is 1. The second kappa shape index (κ2) is 9.88. The number of nitrogens with zero attached hydrogens (tertiary/aromatic N) is 4. The Labute approximate surface area is 246 Å². The van der Waals surface area contributed by atoms with Gasteiger partial charge in [-0.15, -0.1) is 0 Å². The maximum absolute atomic E-state index is 14.8. The number of hydrogen-bond acceptors (Lipinski definition) is 9. The lowest BCUT2D eigenvalue weighted by molar-refractivity contribution is 0.107. The lowest BCUT2D eigenvalue weighted by atomic mass is 9.95. The van der Waals surface area contributed by atoms with Gasteiger partial charge in [0.25, 0.3) is 5.56 Å². The van der Waals surface area contributed by atoms with Crippen molar-refractivity contribution in [2.45, 2.75) is 69.2 Å². The van der Waals surface area contributed by atoms with Crippen molar-refractivity contribution < 1.29 is 17.9 Å². The van der Waals surface area contributed by atoms with Crippen molar-refractivity contribution in [3.05, 3.63) is 39.9 Å². The van der Waals surface area contributed by atoms with E-state index in [9.17, 15) is 13.6 Å². The summed E-state index contributed by atoms with van der Waals surface area (Å²) in [4.78, 5) is 30.7. The van der Waals surface area contributed by atoms with Gasteiger partial charge >= 0.3 is 6.01 Å². The van der Waals surface area contributed by atoms with E-state index in [1.165, 1.54) is 12.1 Å². The van der Waals surface area contributed by atoms with Gasteiger partial charge in [0.05, 0.1) is 11.1 Å². The van der Waals surface area contributed by atoms with E-state index in [4.69, 9.17) is 24.9 Å². The Bertz CT molecular complexity index is 1800. The molecule has 4 N–H and O–H groups in total. The van der Waals surface area contributed by atoms with E-state index < -0.39 is 17.5 Å². The highest BCUT2D eigenvalue weighted by Crippen LogP contribution is 2.41. The Morgan fingerprint density at radius 2 is 1.98 bits per heavy atom. The number of nitrogens with two attached hydrogens (primary N) is 1. The average Bonchev–Trinajstić information content (AvgIpc) is 3.70. The molecule has 2 bridgehead atoms. The van der Waals surface area contributed by atoms with Crippen LogP contribution in [0.15, 0.2) is 27.4 Å². The van der Waals surface area contributed by atoms with Crippen LogP contribution in [0.5, 0.6) is 6.01 Å². The number of hydrogen-bond donors (Lipinski definition) is 3. The molecule has 4 saturated heterocycles. The number of aryl methyl sites for hydroxylation is 1. The molecule has 43 heavy (non-hydrogen) atoms. The summed E-state index contributed by atoms with van der Waals surface area (Å²) in [6.45, 7) is 5.00. The fourth-order valence-electron chi connectivity index (χ4n) is 8.00. The Hall–Kier alpha value is -3.77. The lowest BCUT2D eigenvalue weighted by Gasteiger charge is -2.34. The van der Waals surface area contributed by atoms with Crippen LogP contribution in [0.1, 0.15) is 44.6 Å². The number of rotatable bonds is 6. The molecule has 3 aromatic heterocycles. The van der Waals surface area contributed by atoms with Gasteiger partial charge in [0.1, 0.15) is 29.7 Å². The molecule has 8 rings (SSSR count). The molecule has 0 aliphatic carbocycles. The van der Waals surface area contributed by atoms with E-state index >= 15 is 0 Å². The molecule has 4 atom stereocenters. The number of nitrogen functional groups attached to an aromatic ring is 1. The minimum absolute atomic E-state index is 0.182. The summed E-state index contributed by atoms with van der Waals surface area (Å²) in [7, 11) is 0. The van der Waals surface area contributed by atoms with Crippen LogP contribution >= 0.6 is 0 Å². The number of H-pyrrole nitrogens is 1. The number of pyridine rings is 1. The number of aromatic nitrogens is 3. The van der Waals surface area contributed by atoms with Gasteiger partial charge in [0.2, 0.25) is 0 Å². The zero-order chi connectivity index (χ0) is 29.5. The Morgan fingerprint density at radius 1 is 1.16 bits per heavy atom. The van der Waals surface area contributed by atoms with Gasteiger partial charge in [-0.3, -0.25) is 9.69 Å². The van der Waals surface area contributed by atoms with Crippen LogP contribution in [-0.2, 0) is 6.42 Å². The summed E-state index contributed by atoms with van der Waals surface area (Å²) in [5.74, 6) is 0.270. The quantitative estimate of drug-likeness (QED) is 0.306. The first-order valence-electron chi connectivity index (χ1n) is 15.3. The smallest absolute Gasteiger partial charge is 0.319 e. The molecule has 2 unspecified atom stereocenters. The number of halogens is 2. The van der Waals surface area contributed by atoms with Crippen molar-refractivity contribution in [1.29, 1.82) is 0 Å². The van der Waals surface area contributed by atoms with Crippen molar-refractivity contribution in [1.82, 2.24) is 25.2 Å². The third kappa shape index (κ3) is 4.36. The number of alkyl halides is 1. The highest BCUT2D eigenvalue weighted by Gasteiger charge is 2.49. The summed E-state index contributed by atoms with van der Waals surface area (Å²) >= 11 is 0. The van der Waals surface area contributed by atoms with E-state index in [0.29, 0.717) is 65.9 Å². The molecule has 0 spiro atoms. The molecular weight excluding hydrogens is 556 g/mol. The van der Waals surface area contributed by atoms with E-state index in [1.807, 2.05) is 6.92 Å². The molecule has 12 heteroatoms. The zero-order valence-corrected chi connectivity index (χ0v) is 24.1. The fraction of sp³-hybridized carbons (Fsp3) is 0.516. The van der Waals surface area contributed by atoms with Gasteiger partial charge < -0.3 is 30.1 Å². The van der Waals surface area contributed by atoms with Crippen molar-refractivity contribution in [3.8, 4) is 17.1 Å². The summed E-state index contributed by atoms with van der Waals surface area (Å²) in [5, 5.41) is 4.25. The molecule has 4 aliphatic rings. The molecule has 226 valence electrons. The standard InChI is InChI=1S/C31H35F2N7O3/c1-2-20-25-21(8-16(32)9-24(25)43-27(20)34)22-10-23-26(37-29(22)41)28(39-13-18-4-5-19(14-39)35-18)38-30(36-23)42-15-31-6-3-7-40(31)12-17(33)11-31/h8-10,17-19,35H,2-7,11-15,34H2,1H3,(H,37,41)/t17-,18?,19?,31+/m1/s1. The molecule has 4 aliphatic heterocycles. The largest absolute Gasteiger partial charge is 0.461 e. The number of nitrogens with one attached hydrogen (secondary N) is 2. The summed E-state index contributed by atoms with van der Waals surface area (Å²) in [6, 6.07) is 5.15. The van der Waals surface area contributed by atoms with Crippen LogP contribution in [0.25, 0.3) is 33.1 Å². The average molecular weight is 592 g/mol. The predicted octanol–water partition coefficient (Wildman–Crippen LogP) is 3.91. The number of anilines is 2. The molecule has 0 saturated carbocycles. The number of piperazine rings is 1. The fourth-order valence-corrected chi connectivity index (χ4v) is 8.00. The normalized spacial score (nSPS) is 27.0. The van der Waals surface area contributed by atoms with Gasteiger partial charge in [-0.25, -0.2) is 8.78 Å². The third-order valence-corrected chi connectivity index (χ3v) is 9.94. The molecule has 4 fully saturated rings. The molecule has 1 aromatic carbocycles. The second-order valence-corrected chi connectivity index (χ2v) is 12.6. The Kier molecular flexibility index (Phi) is 6.16. The van der Waals surface area contributed by atoms with Crippen LogP contribution in [0, 0.1) is 5.82 Å². The van der Waals surface area contributed by atoms with E-state index in [-0.39, 0.29) is 28.6 Å². The molecule has 4 aromatic rings. The maximum atomic E-state index is 14.8. The van der Waals surface area contributed by atoms with Crippen LogP contribution < -0.4 is 26.2 Å². The minimum Gasteiger partial charge on any atom is -0.461 e. The van der Waals surface area contributed by atoms with Crippen LogP contribution in [0.4, 0.5) is 20.5 Å². The van der Waals surface area contributed by atoms with Gasteiger partial charge in [0, 0.05) is 66.3 Å². The van der Waals surface area contributed by atoms with Gasteiger partial charge in [-0.05, 0) is 50.8 Å². The van der Waals surface area contributed by atoms with E-state index in [0.717, 1.165) is 50.9 Å². The van der Waals surface area contributed by atoms with Crippen molar-refractivity contribution in [2.75, 3.05) is 43.4 Å². The maximum Gasteiger partial charge on any atom is 0.319 e. The number of fused-ring (bicyclic) bond motifs is 5. The van der Waals surface area contributed by atoms with Crippen LogP contribution in [0.3, 0.4) is 0 Å². The third-order valence-electron chi connectivity index (χ3n) is 9.94. The number of furan rings is 1. The van der Waals surface area contributed by atoms with Gasteiger partial charge in [-0.1, -0.05) is 6.92 Å². The van der Waals surface area contributed by atoms with Gasteiger partial charge in [0.15, 0.2) is 11.7 Å². The molecule has 10 nitrogen and oxygen atoms in total. The zero-order valence-electron chi connectivity index (χ0n) is 24.1. The number of ether oxygens (including phenoxy) is 1. The molecule has 7 heterocycles. The lowest BCUT2D eigenvalue weighted by Crippen LogP contribution is -2.51. The van der Waals surface area contributed by atoms with Crippen molar-refractivity contribution in [3.63, 3.8) is 0 Å². The van der Waals surface area contributed by atoms with Crippen LogP contribution in [0.2, 0.25) is 0 Å². The Balaban J connectivity index is 1.26. The first-order valence-corrected chi connectivity index (χ1v) is 15.3. The van der Waals surface area contributed by atoms with E-state index in [1.54, 1.807) is 6.07 Å². The molecule has 0 radical (unpaired) electrons. The first-order chi connectivity index (χ1) is 20.8. The summed E-state index contributed by atoms with van der Waals surface area (Å²) < 4.78 is 41.2. The molecular formula is C31H35F2N7O3. The highest BCUT2D eigenvalue weighted by molar-refractivity contribution is 6.00. The molecule has 0 amide bonds. The monoisotopic (exact) mass is 591 g/mol. The second-order valence-electron chi connectivity index (χ2n) is 12.6. The first kappa shape index (κ1) is 26.8. The van der Waals surface area contributed by atoms with Crippen molar-refractivity contribution >= 4 is 33.7 Å². The van der Waals surface area contributed by atoms with Crippen molar-refractivity contribution in [2.24, 2.45) is 0 Å². The van der Waals surface area contributed by atoms with E-state index in [2.05, 4.69) is 20.1 Å². The minimum atomic E-state index is -0.867. The Morgan fingerprint density at radius 3 is 2.77 bits per heavy atom. The van der Waals surface area contributed by atoms with Crippen LogP contribution in [-0.4, -0.2) is 76.4 Å².